The van der Waals surface area contributed by atoms with E-state index in [1.54, 1.807) is 0 Å². The van der Waals surface area contributed by atoms with E-state index in [1.165, 1.54) is 21.8 Å². The summed E-state index contributed by atoms with van der Waals surface area (Å²) in [5.41, 5.74) is 2.73. The molecule has 0 spiro atoms. The Balaban J connectivity index is 2.58. The van der Waals surface area contributed by atoms with E-state index < -0.39 is 8.24 Å². The molecule has 0 aliphatic carbocycles. The van der Waals surface area contributed by atoms with Crippen LogP contribution in [0.2, 0.25) is 19.6 Å². The van der Waals surface area contributed by atoms with Gasteiger partial charge in [-0.05, 0) is 24.3 Å². The van der Waals surface area contributed by atoms with Gasteiger partial charge in [0.15, 0.2) is 8.24 Å². The van der Waals surface area contributed by atoms with E-state index in [1.807, 2.05) is 0 Å². The topological polar surface area (TPSA) is 4.93 Å². The minimum atomic E-state index is -1.43. The number of aromatic nitrogens is 1. The van der Waals surface area contributed by atoms with Gasteiger partial charge in [-0.25, -0.2) is 0 Å². The predicted molar refractivity (Wildman–Crippen MR) is 85.9 cm³/mol. The molecule has 3 aromatic rings. The Hall–Kier alpha value is -1.06. The van der Waals surface area contributed by atoms with Gasteiger partial charge in [0.2, 0.25) is 0 Å². The quantitative estimate of drug-likeness (QED) is 0.541. The maximum atomic E-state index is 3.58. The van der Waals surface area contributed by atoms with Gasteiger partial charge in [0.05, 0.1) is 0 Å². The summed E-state index contributed by atoms with van der Waals surface area (Å²) in [5, 5.41) is 2.71. The molecule has 0 bridgehead atoms. The first-order valence-corrected chi connectivity index (χ1v) is 10.4. The molecule has 0 atom stereocenters. The molecule has 0 N–H and O–H groups in total. The van der Waals surface area contributed by atoms with Crippen molar-refractivity contribution in [3.05, 3.63) is 46.9 Å². The molecule has 18 heavy (non-hydrogen) atoms. The SMILES string of the molecule is C[Si](C)(C)n1c2ccccc2c2cc(Br)ccc21. The third-order valence-corrected chi connectivity index (χ3v) is 5.62. The zero-order valence-corrected chi connectivity index (χ0v) is 13.5. The largest absolute Gasteiger partial charge is 0.368 e. The molecule has 0 radical (unpaired) electrons. The number of fused-ring (bicyclic) bond motifs is 3. The van der Waals surface area contributed by atoms with Crippen LogP contribution in [0.25, 0.3) is 21.8 Å². The molecule has 1 nitrogen and oxygen atoms in total. The molecule has 0 fully saturated rings. The van der Waals surface area contributed by atoms with Gasteiger partial charge in [0.1, 0.15) is 0 Å². The van der Waals surface area contributed by atoms with Crippen molar-refractivity contribution in [1.29, 1.82) is 0 Å². The Morgan fingerprint density at radius 1 is 0.889 bits per heavy atom. The molecule has 0 amide bonds. The van der Waals surface area contributed by atoms with Crippen molar-refractivity contribution in [2.75, 3.05) is 0 Å². The molecule has 1 aromatic heterocycles. The van der Waals surface area contributed by atoms with Crippen LogP contribution < -0.4 is 0 Å². The van der Waals surface area contributed by atoms with Gasteiger partial charge in [-0.3, -0.25) is 0 Å². The van der Waals surface area contributed by atoms with E-state index in [0.29, 0.717) is 0 Å². The monoisotopic (exact) mass is 317 g/mol. The standard InChI is InChI=1S/C15H16BrNSi/c1-18(2,3)17-14-7-5-4-6-12(14)13-10-11(16)8-9-15(13)17/h4-10H,1-3H3. The Bertz CT molecular complexity index is 737. The number of rotatable bonds is 1. The zero-order chi connectivity index (χ0) is 12.9. The van der Waals surface area contributed by atoms with Crippen LogP contribution in [0.15, 0.2) is 46.9 Å². The minimum Gasteiger partial charge on any atom is -0.368 e. The molecule has 3 rings (SSSR count). The first kappa shape index (κ1) is 12.0. The van der Waals surface area contributed by atoms with Crippen molar-refractivity contribution < 1.29 is 0 Å². The Kier molecular flexibility index (Phi) is 2.64. The molecule has 3 heteroatoms. The maximum Gasteiger partial charge on any atom is 0.153 e. The van der Waals surface area contributed by atoms with Crippen LogP contribution in [0.5, 0.6) is 0 Å². The lowest BCUT2D eigenvalue weighted by Gasteiger charge is -2.21. The summed E-state index contributed by atoms with van der Waals surface area (Å²) in [6.07, 6.45) is 0. The third-order valence-electron chi connectivity index (χ3n) is 3.31. The Morgan fingerprint density at radius 3 is 2.28 bits per heavy atom. The average molecular weight is 318 g/mol. The fourth-order valence-electron chi connectivity index (χ4n) is 2.67. The Labute approximate surface area is 117 Å². The van der Waals surface area contributed by atoms with E-state index in [0.717, 1.165) is 4.47 Å². The molecule has 0 saturated carbocycles. The molecule has 0 aliphatic heterocycles. The maximum absolute atomic E-state index is 3.58. The highest BCUT2D eigenvalue weighted by Gasteiger charge is 2.22. The average Bonchev–Trinajstić information content (AvgIpc) is 2.62. The van der Waals surface area contributed by atoms with Crippen LogP contribution in [-0.4, -0.2) is 12.5 Å². The first-order chi connectivity index (χ1) is 8.48. The van der Waals surface area contributed by atoms with Gasteiger partial charge >= 0.3 is 0 Å². The van der Waals surface area contributed by atoms with Crippen LogP contribution in [0.4, 0.5) is 0 Å². The molecule has 2 aromatic carbocycles. The second-order valence-electron chi connectivity index (χ2n) is 5.68. The predicted octanol–water partition coefficient (Wildman–Crippen LogP) is 5.24. The zero-order valence-electron chi connectivity index (χ0n) is 10.9. The molecular weight excluding hydrogens is 302 g/mol. The van der Waals surface area contributed by atoms with Crippen LogP contribution in [0.1, 0.15) is 0 Å². The number of nitrogens with zero attached hydrogens (tertiary/aromatic N) is 1. The highest BCUT2D eigenvalue weighted by molar-refractivity contribution is 9.10. The molecule has 92 valence electrons. The highest BCUT2D eigenvalue weighted by atomic mass is 79.9. The summed E-state index contributed by atoms with van der Waals surface area (Å²) in [6, 6.07) is 15.3. The van der Waals surface area contributed by atoms with E-state index in [-0.39, 0.29) is 0 Å². The van der Waals surface area contributed by atoms with Gasteiger partial charge in [0.25, 0.3) is 0 Å². The van der Waals surface area contributed by atoms with Crippen LogP contribution in [-0.2, 0) is 0 Å². The van der Waals surface area contributed by atoms with Crippen molar-refractivity contribution >= 4 is 46.0 Å². The smallest absolute Gasteiger partial charge is 0.153 e. The number of hydrogen-bond donors (Lipinski definition) is 0. The summed E-state index contributed by atoms with van der Waals surface area (Å²) in [5.74, 6) is 0. The van der Waals surface area contributed by atoms with Gasteiger partial charge in [-0.15, -0.1) is 0 Å². The lowest BCUT2D eigenvalue weighted by Crippen LogP contribution is -2.31. The van der Waals surface area contributed by atoms with Crippen LogP contribution >= 0.6 is 15.9 Å². The number of para-hydroxylation sites is 1. The summed E-state index contributed by atoms with van der Waals surface area (Å²) in [7, 11) is -1.43. The van der Waals surface area contributed by atoms with Gasteiger partial charge in [-0.1, -0.05) is 53.8 Å². The summed E-state index contributed by atoms with van der Waals surface area (Å²) < 4.78 is 3.71. The summed E-state index contributed by atoms with van der Waals surface area (Å²) >= 11 is 3.58. The lowest BCUT2D eigenvalue weighted by molar-refractivity contribution is 1.25. The second kappa shape index (κ2) is 3.97. The van der Waals surface area contributed by atoms with E-state index in [9.17, 15) is 0 Å². The number of hydrogen-bond acceptors (Lipinski definition) is 0. The molecule has 0 aliphatic rings. The minimum absolute atomic E-state index is 1.15. The van der Waals surface area contributed by atoms with Crippen LogP contribution in [0.3, 0.4) is 0 Å². The van der Waals surface area contributed by atoms with E-state index in [4.69, 9.17) is 0 Å². The van der Waals surface area contributed by atoms with Crippen molar-refractivity contribution in [2.24, 2.45) is 0 Å². The normalized spacial score (nSPS) is 12.4. The summed E-state index contributed by atoms with van der Waals surface area (Å²) in [4.78, 5) is 0. The fourth-order valence-corrected chi connectivity index (χ4v) is 4.86. The Morgan fingerprint density at radius 2 is 1.56 bits per heavy atom. The molecule has 1 heterocycles. The van der Waals surface area contributed by atoms with Crippen LogP contribution in [0, 0.1) is 0 Å². The number of benzene rings is 2. The van der Waals surface area contributed by atoms with E-state index >= 15 is 0 Å². The third kappa shape index (κ3) is 1.73. The first-order valence-electron chi connectivity index (χ1n) is 6.18. The van der Waals surface area contributed by atoms with Crippen molar-refractivity contribution in [1.82, 2.24) is 4.23 Å². The number of halogens is 1. The molecule has 0 unspecified atom stereocenters. The van der Waals surface area contributed by atoms with Crippen molar-refractivity contribution in [3.63, 3.8) is 0 Å². The van der Waals surface area contributed by atoms with Gasteiger partial charge in [0, 0.05) is 26.3 Å². The van der Waals surface area contributed by atoms with Gasteiger partial charge in [-0.2, -0.15) is 0 Å². The fraction of sp³-hybridized carbons (Fsp3) is 0.200. The molecule has 0 saturated heterocycles. The molecular formula is C15H16BrNSi. The van der Waals surface area contributed by atoms with Gasteiger partial charge < -0.3 is 4.23 Å². The second-order valence-corrected chi connectivity index (χ2v) is 11.4. The van der Waals surface area contributed by atoms with Crippen molar-refractivity contribution in [2.45, 2.75) is 19.6 Å². The lowest BCUT2D eigenvalue weighted by atomic mass is 10.2. The highest BCUT2D eigenvalue weighted by Crippen LogP contribution is 2.33. The van der Waals surface area contributed by atoms with Crippen molar-refractivity contribution in [3.8, 4) is 0 Å². The summed E-state index contributed by atoms with van der Waals surface area (Å²) in [6.45, 7) is 7.17. The van der Waals surface area contributed by atoms with E-state index in [2.05, 4.69) is 82.3 Å².